The normalized spacial score (nSPS) is 11.8. The molecule has 0 bridgehead atoms. The van der Waals surface area contributed by atoms with Crippen molar-refractivity contribution < 1.29 is 57.0 Å². The van der Waals surface area contributed by atoms with E-state index >= 15 is 0 Å². The lowest BCUT2D eigenvalue weighted by Gasteiger charge is -2.21. The molecule has 8 aromatic rings. The predicted octanol–water partition coefficient (Wildman–Crippen LogP) is 8.16. The fourth-order valence-corrected chi connectivity index (χ4v) is 8.70. The topological polar surface area (TPSA) is 194 Å². The smallest absolute Gasteiger partial charge is 0.417 e. The van der Waals surface area contributed by atoms with Gasteiger partial charge < -0.3 is 67.1 Å². The summed E-state index contributed by atoms with van der Waals surface area (Å²) in [5.41, 5.74) is 3.02. The van der Waals surface area contributed by atoms with Gasteiger partial charge in [0.1, 0.15) is 71.4 Å². The van der Waals surface area contributed by atoms with E-state index in [2.05, 4.69) is 10.6 Å². The maximum atomic E-state index is 13.5. The van der Waals surface area contributed by atoms with Gasteiger partial charge in [-0.3, -0.25) is 9.59 Å². The number of nitrogens with zero attached hydrogens (tertiary/aromatic N) is 2. The SMILES string of the molecule is COc1ccc(OCC(CNCCCOc2ccc(-c3cc4ccc(OC)cc4c(=O)n3C)cc2)OC(=O)C(=O)OC(CNCCCOc2ccc(-c3cc4ccc(OC)cc4c(=O)n3C)cc2)COc2ccc(OC)cc2)cc1. The molecule has 2 heterocycles. The number of carbonyl (C=O) groups excluding carboxylic acids is 2. The summed E-state index contributed by atoms with van der Waals surface area (Å²) < 4.78 is 59.9. The highest BCUT2D eigenvalue weighted by Crippen LogP contribution is 2.28. The molecule has 2 unspecified atom stereocenters. The number of fused-ring (bicyclic) bond motifs is 2. The molecule has 0 amide bonds. The van der Waals surface area contributed by atoms with Gasteiger partial charge in [-0.1, -0.05) is 12.1 Å². The van der Waals surface area contributed by atoms with E-state index in [1.165, 1.54) is 0 Å². The molecule has 0 aliphatic heterocycles. The summed E-state index contributed by atoms with van der Waals surface area (Å²) in [4.78, 5) is 53.3. The van der Waals surface area contributed by atoms with Gasteiger partial charge in [-0.2, -0.15) is 0 Å². The van der Waals surface area contributed by atoms with Crippen LogP contribution in [0.5, 0.6) is 46.0 Å². The number of pyridine rings is 2. The third-order valence-corrected chi connectivity index (χ3v) is 13.2. The standard InChI is InChI=1S/C62H66N4O14/c1-65-57(33-43-13-19-51(73-5)35-55(43)59(65)67)41-9-15-47(16-10-41)75-31-7-29-63-37-53(39-77-49-25-21-45(71-3)22-26-49)79-61(69)62(70)80-54(40-78-50-27-23-46(72-4)24-28-50)38-64-30-8-32-76-48-17-11-42(12-18-48)58-34-44-14-20-52(74-6)36-56(44)60(68)66(58)2/h9-28,33-36,53-54,63-64H,7-8,29-32,37-40H2,1-6H3. The minimum absolute atomic E-state index is 0.0717. The van der Waals surface area contributed by atoms with Crippen LogP contribution in [0, 0.1) is 0 Å². The van der Waals surface area contributed by atoms with E-state index in [-0.39, 0.29) is 37.4 Å². The third-order valence-electron chi connectivity index (χ3n) is 13.2. The Morgan fingerprint density at radius 3 is 1.11 bits per heavy atom. The molecule has 0 aliphatic rings. The molecule has 2 N–H and O–H groups in total. The van der Waals surface area contributed by atoms with E-state index in [4.69, 9.17) is 47.4 Å². The largest absolute Gasteiger partial charge is 0.497 e. The summed E-state index contributed by atoms with van der Waals surface area (Å²) in [6.45, 7) is 1.90. The van der Waals surface area contributed by atoms with E-state index in [1.807, 2.05) is 84.9 Å². The molecule has 2 aromatic heterocycles. The molecule has 0 spiro atoms. The van der Waals surface area contributed by atoms with Gasteiger partial charge in [0.25, 0.3) is 11.1 Å². The number of aromatic nitrogens is 2. The van der Waals surface area contributed by atoms with Crippen molar-refractivity contribution in [3.05, 3.63) is 166 Å². The zero-order valence-electron chi connectivity index (χ0n) is 45.7. The van der Waals surface area contributed by atoms with Gasteiger partial charge in [-0.05, 0) is 181 Å². The average molecular weight is 1090 g/mol. The highest BCUT2D eigenvalue weighted by Gasteiger charge is 2.27. The highest BCUT2D eigenvalue weighted by atomic mass is 16.6. The van der Waals surface area contributed by atoms with Crippen molar-refractivity contribution in [2.75, 3.05) is 81.0 Å². The molecular formula is C62H66N4O14. The Bertz CT molecular complexity index is 3230. The van der Waals surface area contributed by atoms with Crippen LogP contribution in [0.4, 0.5) is 0 Å². The Kier molecular flexibility index (Phi) is 20.1. The lowest BCUT2D eigenvalue weighted by Crippen LogP contribution is -2.41. The number of hydrogen-bond acceptors (Lipinski definition) is 16. The van der Waals surface area contributed by atoms with Crippen molar-refractivity contribution in [2.45, 2.75) is 25.0 Å². The summed E-state index contributed by atoms with van der Waals surface area (Å²) in [5, 5.41) is 9.36. The molecule has 0 aliphatic carbocycles. The number of nitrogens with one attached hydrogen (secondary N) is 2. The quantitative estimate of drug-likeness (QED) is 0.0271. The van der Waals surface area contributed by atoms with Crippen LogP contribution < -0.4 is 59.6 Å². The first-order chi connectivity index (χ1) is 38.9. The van der Waals surface area contributed by atoms with E-state index < -0.39 is 24.1 Å². The van der Waals surface area contributed by atoms with Crippen LogP contribution in [-0.4, -0.2) is 114 Å². The Balaban J connectivity index is 0.821. The van der Waals surface area contributed by atoms with Crippen LogP contribution in [0.1, 0.15) is 12.8 Å². The van der Waals surface area contributed by atoms with Crippen molar-refractivity contribution >= 4 is 33.5 Å². The molecule has 0 saturated heterocycles. The Morgan fingerprint density at radius 2 is 0.750 bits per heavy atom. The molecule has 8 rings (SSSR count). The zero-order valence-corrected chi connectivity index (χ0v) is 45.7. The number of esters is 2. The van der Waals surface area contributed by atoms with Gasteiger partial charge in [0.05, 0.1) is 63.8 Å². The van der Waals surface area contributed by atoms with Crippen LogP contribution in [0.15, 0.2) is 155 Å². The van der Waals surface area contributed by atoms with E-state index in [0.717, 1.165) is 33.3 Å². The van der Waals surface area contributed by atoms with E-state index in [1.54, 1.807) is 112 Å². The van der Waals surface area contributed by atoms with Crippen molar-refractivity contribution in [3.8, 4) is 68.5 Å². The van der Waals surface area contributed by atoms with Gasteiger partial charge in [-0.25, -0.2) is 9.59 Å². The maximum absolute atomic E-state index is 13.5. The molecule has 0 radical (unpaired) electrons. The van der Waals surface area contributed by atoms with Crippen molar-refractivity contribution in [3.63, 3.8) is 0 Å². The summed E-state index contributed by atoms with van der Waals surface area (Å²) in [7, 11) is 9.77. The average Bonchev–Trinajstić information content (AvgIpc) is 3.50. The molecule has 18 heteroatoms. The summed E-state index contributed by atoms with van der Waals surface area (Å²) in [6.07, 6.45) is -0.579. The van der Waals surface area contributed by atoms with Gasteiger partial charge in [-0.15, -0.1) is 0 Å². The van der Waals surface area contributed by atoms with Gasteiger partial charge in [0.2, 0.25) is 0 Å². The molecule has 2 atom stereocenters. The monoisotopic (exact) mass is 1090 g/mol. The van der Waals surface area contributed by atoms with Crippen LogP contribution in [-0.2, 0) is 33.2 Å². The fourth-order valence-electron chi connectivity index (χ4n) is 8.70. The first-order valence-corrected chi connectivity index (χ1v) is 26.1. The van der Waals surface area contributed by atoms with Gasteiger partial charge >= 0.3 is 11.9 Å². The fraction of sp³-hybridized carbons (Fsp3) is 0.290. The molecule has 6 aromatic carbocycles. The Morgan fingerprint density at radius 1 is 0.425 bits per heavy atom. The summed E-state index contributed by atoms with van der Waals surface area (Å²) in [6, 6.07) is 43.8. The number of hydrogen-bond donors (Lipinski definition) is 2. The number of ether oxygens (including phenoxy) is 10. The lowest BCUT2D eigenvalue weighted by molar-refractivity contribution is -0.175. The summed E-state index contributed by atoms with van der Waals surface area (Å²) >= 11 is 0. The van der Waals surface area contributed by atoms with Crippen molar-refractivity contribution in [1.82, 2.24) is 19.8 Å². The minimum atomic E-state index is -1.19. The second kappa shape index (κ2) is 28.1. The Hall–Kier alpha value is -9.00. The molecular weight excluding hydrogens is 1020 g/mol. The lowest BCUT2D eigenvalue weighted by atomic mass is 10.1. The molecule has 18 nitrogen and oxygen atoms in total. The third kappa shape index (κ3) is 15.2. The summed E-state index contributed by atoms with van der Waals surface area (Å²) in [5.74, 6) is 2.50. The van der Waals surface area contributed by atoms with Crippen LogP contribution >= 0.6 is 0 Å². The van der Waals surface area contributed by atoms with E-state index in [0.29, 0.717) is 95.9 Å². The second-order valence-corrected chi connectivity index (χ2v) is 18.6. The van der Waals surface area contributed by atoms with Crippen LogP contribution in [0.3, 0.4) is 0 Å². The number of carbonyl (C=O) groups is 2. The molecule has 0 fully saturated rings. The number of methoxy groups -OCH3 is 4. The molecule has 418 valence electrons. The van der Waals surface area contributed by atoms with Gasteiger partial charge in [0.15, 0.2) is 0 Å². The predicted molar refractivity (Wildman–Crippen MR) is 305 cm³/mol. The van der Waals surface area contributed by atoms with Crippen molar-refractivity contribution in [2.24, 2.45) is 14.1 Å². The molecule has 0 saturated carbocycles. The van der Waals surface area contributed by atoms with E-state index in [9.17, 15) is 19.2 Å². The van der Waals surface area contributed by atoms with Crippen molar-refractivity contribution in [1.29, 1.82) is 0 Å². The second-order valence-electron chi connectivity index (χ2n) is 18.6. The molecule has 80 heavy (non-hydrogen) atoms. The zero-order chi connectivity index (χ0) is 56.4. The first kappa shape index (κ1) is 57.2. The van der Waals surface area contributed by atoms with Crippen LogP contribution in [0.2, 0.25) is 0 Å². The van der Waals surface area contributed by atoms with Crippen LogP contribution in [0.25, 0.3) is 44.1 Å². The highest BCUT2D eigenvalue weighted by molar-refractivity contribution is 6.29. The maximum Gasteiger partial charge on any atom is 0.417 e. The number of rotatable bonds is 28. The minimum Gasteiger partial charge on any atom is -0.497 e. The number of benzene rings is 6. The Labute approximate surface area is 463 Å². The van der Waals surface area contributed by atoms with Gasteiger partial charge in [0, 0.05) is 27.2 Å². The first-order valence-electron chi connectivity index (χ1n) is 26.1.